The lowest BCUT2D eigenvalue weighted by molar-refractivity contribution is 0.0460. The van der Waals surface area contributed by atoms with E-state index in [0.717, 1.165) is 19.6 Å². The maximum Gasteiger partial charge on any atom is 0.338 e. The van der Waals surface area contributed by atoms with Gasteiger partial charge in [-0.1, -0.05) is 78.1 Å². The minimum Gasteiger partial charge on any atom is -0.508 e. The lowest BCUT2D eigenvalue weighted by atomic mass is 10.1. The third-order valence-electron chi connectivity index (χ3n) is 5.40. The number of carbonyl (C=O) groups excluding carboxylic acids is 1. The quantitative estimate of drug-likeness (QED) is 0.222. The van der Waals surface area contributed by atoms with E-state index in [0.29, 0.717) is 12.2 Å². The van der Waals surface area contributed by atoms with Gasteiger partial charge in [-0.25, -0.2) is 4.79 Å². The predicted molar refractivity (Wildman–Crippen MR) is 122 cm³/mol. The molecule has 4 nitrogen and oxygen atoms in total. The molecule has 0 amide bonds. The largest absolute Gasteiger partial charge is 0.508 e. The van der Waals surface area contributed by atoms with E-state index < -0.39 is 0 Å². The normalized spacial score (nSPS) is 11.1. The number of aromatic hydroxyl groups is 1. The van der Waals surface area contributed by atoms with Crippen LogP contribution in [0.5, 0.6) is 5.75 Å². The van der Waals surface area contributed by atoms with E-state index >= 15 is 0 Å². The van der Waals surface area contributed by atoms with Crippen molar-refractivity contribution in [3.8, 4) is 5.75 Å². The molecule has 0 unspecified atom stereocenters. The number of ether oxygens (including phenoxy) is 1. The van der Waals surface area contributed by atoms with Crippen molar-refractivity contribution in [1.82, 2.24) is 4.90 Å². The number of hydrogen-bond acceptors (Lipinski definition) is 4. The van der Waals surface area contributed by atoms with Crippen LogP contribution in [0.4, 0.5) is 0 Å². The summed E-state index contributed by atoms with van der Waals surface area (Å²) in [7, 11) is 0. The van der Waals surface area contributed by atoms with Crippen molar-refractivity contribution in [2.75, 3.05) is 26.2 Å². The van der Waals surface area contributed by atoms with Gasteiger partial charge in [-0.15, -0.1) is 0 Å². The second-order valence-electron chi connectivity index (χ2n) is 8.06. The van der Waals surface area contributed by atoms with Gasteiger partial charge in [-0.3, -0.25) is 4.90 Å². The molecule has 1 aromatic carbocycles. The van der Waals surface area contributed by atoms with Crippen LogP contribution >= 0.6 is 0 Å². The number of phenols is 1. The van der Waals surface area contributed by atoms with Gasteiger partial charge >= 0.3 is 5.97 Å². The summed E-state index contributed by atoms with van der Waals surface area (Å²) in [6.07, 6.45) is 15.6. The van der Waals surface area contributed by atoms with E-state index in [-0.39, 0.29) is 11.7 Å². The summed E-state index contributed by atoms with van der Waals surface area (Å²) in [5.41, 5.74) is 0.487. The molecule has 0 bridgehead atoms. The van der Waals surface area contributed by atoms with Gasteiger partial charge in [0.15, 0.2) is 0 Å². The Morgan fingerprint density at radius 3 is 1.76 bits per heavy atom. The number of esters is 1. The minimum atomic E-state index is -0.316. The molecule has 0 atom stereocenters. The van der Waals surface area contributed by atoms with Gasteiger partial charge in [0.1, 0.15) is 12.4 Å². The molecular formula is C25H43NO3. The number of unbranched alkanes of at least 4 members (excludes halogenated alkanes) is 10. The molecule has 0 aromatic heterocycles. The summed E-state index contributed by atoms with van der Waals surface area (Å²) in [5.74, 6) is -0.158. The standard InChI is InChI=1S/C25H43NO3/c1-3-5-7-9-11-13-19-26(20-14-12-10-8-6-4-2)21-22-29-25(28)23-15-17-24(27)18-16-23/h15-18,27H,3-14,19-22H2,1-2H3. The Balaban J connectivity index is 2.30. The van der Waals surface area contributed by atoms with Crippen molar-refractivity contribution < 1.29 is 14.6 Å². The highest BCUT2D eigenvalue weighted by Gasteiger charge is 2.09. The van der Waals surface area contributed by atoms with E-state index in [2.05, 4.69) is 18.7 Å². The summed E-state index contributed by atoms with van der Waals surface area (Å²) < 4.78 is 5.46. The maximum absolute atomic E-state index is 12.1. The van der Waals surface area contributed by atoms with Crippen LogP contribution in [0.2, 0.25) is 0 Å². The van der Waals surface area contributed by atoms with Crippen LogP contribution in [0.15, 0.2) is 24.3 Å². The van der Waals surface area contributed by atoms with E-state index in [1.54, 1.807) is 12.1 Å². The summed E-state index contributed by atoms with van der Waals surface area (Å²) in [6, 6.07) is 6.23. The van der Waals surface area contributed by atoms with Crippen LogP contribution in [0.3, 0.4) is 0 Å². The first-order chi connectivity index (χ1) is 14.2. The zero-order valence-corrected chi connectivity index (χ0v) is 18.8. The Kier molecular flexibility index (Phi) is 15.2. The summed E-state index contributed by atoms with van der Waals surface area (Å²) >= 11 is 0. The van der Waals surface area contributed by atoms with Gasteiger partial charge in [-0.2, -0.15) is 0 Å². The number of hydrogen-bond donors (Lipinski definition) is 1. The number of carbonyl (C=O) groups is 1. The molecule has 1 rings (SSSR count). The van der Waals surface area contributed by atoms with Crippen LogP contribution in [0.25, 0.3) is 0 Å². The Morgan fingerprint density at radius 2 is 1.24 bits per heavy atom. The average Bonchev–Trinajstić information content (AvgIpc) is 2.73. The number of phenolic OH excluding ortho intramolecular Hbond substituents is 1. The lowest BCUT2D eigenvalue weighted by Crippen LogP contribution is -2.30. The van der Waals surface area contributed by atoms with Gasteiger partial charge in [0.25, 0.3) is 0 Å². The molecule has 0 fully saturated rings. The van der Waals surface area contributed by atoms with E-state index in [9.17, 15) is 9.90 Å². The fourth-order valence-electron chi connectivity index (χ4n) is 3.52. The molecule has 0 aliphatic rings. The van der Waals surface area contributed by atoms with Crippen molar-refractivity contribution in [3.63, 3.8) is 0 Å². The molecule has 0 saturated carbocycles. The minimum absolute atomic E-state index is 0.158. The molecule has 0 heterocycles. The topological polar surface area (TPSA) is 49.8 Å². The molecule has 0 saturated heterocycles. The van der Waals surface area contributed by atoms with E-state index in [4.69, 9.17) is 4.74 Å². The second-order valence-corrected chi connectivity index (χ2v) is 8.06. The molecule has 166 valence electrons. The van der Waals surface area contributed by atoms with Crippen molar-refractivity contribution in [2.45, 2.75) is 90.9 Å². The van der Waals surface area contributed by atoms with E-state index in [1.807, 2.05) is 0 Å². The highest BCUT2D eigenvalue weighted by atomic mass is 16.5. The monoisotopic (exact) mass is 405 g/mol. The summed E-state index contributed by atoms with van der Waals surface area (Å²) in [5, 5.41) is 9.33. The molecule has 29 heavy (non-hydrogen) atoms. The molecule has 0 spiro atoms. The van der Waals surface area contributed by atoms with Gasteiger partial charge < -0.3 is 9.84 Å². The first kappa shape index (κ1) is 25.5. The lowest BCUT2D eigenvalue weighted by Gasteiger charge is -2.22. The molecule has 1 aromatic rings. The molecule has 1 N–H and O–H groups in total. The highest BCUT2D eigenvalue weighted by molar-refractivity contribution is 5.89. The Labute approximate surface area is 178 Å². The highest BCUT2D eigenvalue weighted by Crippen LogP contribution is 2.11. The first-order valence-corrected chi connectivity index (χ1v) is 11.9. The van der Waals surface area contributed by atoms with Crippen molar-refractivity contribution in [2.24, 2.45) is 0 Å². The third-order valence-corrected chi connectivity index (χ3v) is 5.40. The molecule has 0 radical (unpaired) electrons. The fourth-order valence-corrected chi connectivity index (χ4v) is 3.52. The summed E-state index contributed by atoms with van der Waals surface area (Å²) in [4.78, 5) is 14.6. The van der Waals surface area contributed by atoms with Gasteiger partial charge in [0.05, 0.1) is 5.56 Å². The van der Waals surface area contributed by atoms with Crippen LogP contribution < -0.4 is 0 Å². The second kappa shape index (κ2) is 17.3. The molecule has 0 aliphatic heterocycles. The van der Waals surface area contributed by atoms with E-state index in [1.165, 1.54) is 89.2 Å². The van der Waals surface area contributed by atoms with Crippen molar-refractivity contribution in [3.05, 3.63) is 29.8 Å². The van der Waals surface area contributed by atoms with Gasteiger partial charge in [-0.05, 0) is 50.2 Å². The van der Waals surface area contributed by atoms with Crippen LogP contribution in [-0.2, 0) is 4.74 Å². The van der Waals surface area contributed by atoms with Crippen LogP contribution in [0, 0.1) is 0 Å². The fraction of sp³-hybridized carbons (Fsp3) is 0.720. The van der Waals surface area contributed by atoms with Crippen LogP contribution in [-0.4, -0.2) is 42.2 Å². The summed E-state index contributed by atoms with van der Waals surface area (Å²) in [6.45, 7) is 7.91. The smallest absolute Gasteiger partial charge is 0.338 e. The van der Waals surface area contributed by atoms with Gasteiger partial charge in [0, 0.05) is 6.54 Å². The Morgan fingerprint density at radius 1 is 0.759 bits per heavy atom. The zero-order chi connectivity index (χ0) is 21.2. The Bertz CT molecular complexity index is 499. The molecule has 0 aliphatic carbocycles. The Hall–Kier alpha value is -1.55. The predicted octanol–water partition coefficient (Wildman–Crippen LogP) is 6.57. The van der Waals surface area contributed by atoms with Crippen molar-refractivity contribution >= 4 is 5.97 Å². The average molecular weight is 406 g/mol. The molecule has 4 heteroatoms. The number of benzene rings is 1. The number of rotatable bonds is 18. The van der Waals surface area contributed by atoms with Crippen molar-refractivity contribution in [1.29, 1.82) is 0 Å². The number of nitrogens with zero attached hydrogens (tertiary/aromatic N) is 1. The first-order valence-electron chi connectivity index (χ1n) is 11.9. The van der Waals surface area contributed by atoms with Crippen LogP contribution in [0.1, 0.15) is 101 Å². The van der Waals surface area contributed by atoms with Gasteiger partial charge in [0.2, 0.25) is 0 Å². The zero-order valence-electron chi connectivity index (χ0n) is 18.8. The SMILES string of the molecule is CCCCCCCCN(CCCCCCCC)CCOC(=O)c1ccc(O)cc1. The maximum atomic E-state index is 12.1. The molecular weight excluding hydrogens is 362 g/mol. The third kappa shape index (κ3) is 13.3.